The van der Waals surface area contributed by atoms with Crippen LogP contribution in [0.2, 0.25) is 0 Å². The highest BCUT2D eigenvalue weighted by Gasteiger charge is 2.31. The average Bonchev–Trinajstić information content (AvgIpc) is 2.25. The van der Waals surface area contributed by atoms with Gasteiger partial charge in [0.1, 0.15) is 5.75 Å². The Hall–Kier alpha value is -2.24. The van der Waals surface area contributed by atoms with Gasteiger partial charge in [0.2, 0.25) is 0 Å². The van der Waals surface area contributed by atoms with Gasteiger partial charge in [-0.05, 0) is 42.3 Å². The van der Waals surface area contributed by atoms with Crippen molar-refractivity contribution in [3.8, 4) is 16.9 Å². The third-order valence-corrected chi connectivity index (χ3v) is 2.39. The number of nitrogens with two attached hydrogens (primary N) is 1. The van der Waals surface area contributed by atoms with Crippen molar-refractivity contribution in [1.82, 2.24) is 4.98 Å². The molecule has 0 atom stereocenters. The molecule has 0 spiro atoms. The second kappa shape index (κ2) is 4.79. The fourth-order valence-corrected chi connectivity index (χ4v) is 1.71. The Bertz CT molecular complexity index is 597. The van der Waals surface area contributed by atoms with Crippen LogP contribution < -0.4 is 10.5 Å². The van der Waals surface area contributed by atoms with Crippen molar-refractivity contribution < 1.29 is 17.9 Å². The van der Waals surface area contributed by atoms with Gasteiger partial charge in [-0.15, -0.1) is 13.2 Å². The minimum atomic E-state index is -4.74. The first-order chi connectivity index (χ1) is 8.83. The summed E-state index contributed by atoms with van der Waals surface area (Å²) in [5.74, 6) is -0.336. The molecule has 2 rings (SSSR count). The van der Waals surface area contributed by atoms with Gasteiger partial charge < -0.3 is 10.5 Å². The van der Waals surface area contributed by atoms with E-state index in [2.05, 4.69) is 9.72 Å². The number of aromatic nitrogens is 1. The lowest BCUT2D eigenvalue weighted by molar-refractivity contribution is -0.274. The third-order valence-electron chi connectivity index (χ3n) is 2.39. The van der Waals surface area contributed by atoms with E-state index in [1.54, 1.807) is 31.3 Å². The molecule has 1 aromatic heterocycles. The predicted molar refractivity (Wildman–Crippen MR) is 65.5 cm³/mol. The molecule has 0 aliphatic carbocycles. The second-order valence-corrected chi connectivity index (χ2v) is 4.02. The van der Waals surface area contributed by atoms with Gasteiger partial charge in [0.05, 0.1) is 0 Å². The molecular weight excluding hydrogens is 257 g/mol. The molecule has 1 heterocycles. The molecule has 2 N–H and O–H groups in total. The van der Waals surface area contributed by atoms with Crippen LogP contribution in [0.5, 0.6) is 5.75 Å². The normalized spacial score (nSPS) is 11.4. The van der Waals surface area contributed by atoms with Crippen molar-refractivity contribution in [3.05, 3.63) is 42.2 Å². The highest BCUT2D eigenvalue weighted by atomic mass is 19.4. The summed E-state index contributed by atoms with van der Waals surface area (Å²) in [7, 11) is 0. The van der Waals surface area contributed by atoms with Crippen molar-refractivity contribution in [1.29, 1.82) is 0 Å². The monoisotopic (exact) mass is 268 g/mol. The molecule has 1 aromatic carbocycles. The number of hydrogen-bond acceptors (Lipinski definition) is 3. The van der Waals surface area contributed by atoms with Crippen LogP contribution in [0.4, 0.5) is 18.9 Å². The van der Waals surface area contributed by atoms with Crippen LogP contribution in [-0.2, 0) is 0 Å². The van der Waals surface area contributed by atoms with Gasteiger partial charge in [-0.1, -0.05) is 0 Å². The molecule has 0 saturated carbocycles. The van der Waals surface area contributed by atoms with Crippen molar-refractivity contribution >= 4 is 5.69 Å². The van der Waals surface area contributed by atoms with E-state index < -0.39 is 6.36 Å². The number of ether oxygens (including phenoxy) is 1. The summed E-state index contributed by atoms with van der Waals surface area (Å²) >= 11 is 0. The molecule has 0 bridgehead atoms. The van der Waals surface area contributed by atoms with Crippen molar-refractivity contribution in [2.75, 3.05) is 5.73 Å². The van der Waals surface area contributed by atoms with Crippen molar-refractivity contribution in [3.63, 3.8) is 0 Å². The fourth-order valence-electron chi connectivity index (χ4n) is 1.71. The zero-order valence-electron chi connectivity index (χ0n) is 10.0. The molecule has 0 unspecified atom stereocenters. The highest BCUT2D eigenvalue weighted by molar-refractivity contribution is 5.69. The first-order valence-corrected chi connectivity index (χ1v) is 5.43. The predicted octanol–water partition coefficient (Wildman–Crippen LogP) is 3.54. The quantitative estimate of drug-likeness (QED) is 0.847. The molecule has 2 aromatic rings. The molecule has 19 heavy (non-hydrogen) atoms. The maximum Gasteiger partial charge on any atom is 0.573 e. The molecule has 0 fully saturated rings. The Morgan fingerprint density at radius 2 is 1.84 bits per heavy atom. The molecule has 0 aliphatic rings. The maximum absolute atomic E-state index is 12.2. The zero-order valence-corrected chi connectivity index (χ0v) is 10.0. The number of halogens is 3. The number of nitrogens with zero attached hydrogens (tertiary/aromatic N) is 1. The summed E-state index contributed by atoms with van der Waals surface area (Å²) in [6, 6.07) is 7.45. The lowest BCUT2D eigenvalue weighted by atomic mass is 10.1. The molecular formula is C13H11F3N2O. The maximum atomic E-state index is 12.2. The first-order valence-electron chi connectivity index (χ1n) is 5.43. The van der Waals surface area contributed by atoms with Gasteiger partial charge in [-0.3, -0.25) is 4.98 Å². The lowest BCUT2D eigenvalue weighted by Crippen LogP contribution is -2.17. The van der Waals surface area contributed by atoms with Gasteiger partial charge >= 0.3 is 6.36 Å². The lowest BCUT2D eigenvalue weighted by Gasteiger charge is -2.11. The van der Waals surface area contributed by atoms with Crippen LogP contribution in [0.3, 0.4) is 0 Å². The summed E-state index contributed by atoms with van der Waals surface area (Å²) in [5, 5.41) is 0. The molecule has 0 amide bonds. The molecule has 6 heteroatoms. The number of pyridine rings is 1. The van der Waals surface area contributed by atoms with E-state index in [1.165, 1.54) is 6.07 Å². The number of benzene rings is 1. The van der Waals surface area contributed by atoms with Crippen LogP contribution in [0.25, 0.3) is 11.1 Å². The smallest absolute Gasteiger partial charge is 0.406 e. The Kier molecular flexibility index (Phi) is 3.33. The van der Waals surface area contributed by atoms with Gasteiger partial charge in [0.15, 0.2) is 0 Å². The minimum absolute atomic E-state index is 0.200. The van der Waals surface area contributed by atoms with Gasteiger partial charge in [0, 0.05) is 23.6 Å². The fraction of sp³-hybridized carbons (Fsp3) is 0.154. The van der Waals surface area contributed by atoms with E-state index in [4.69, 9.17) is 5.73 Å². The number of aryl methyl sites for hydroxylation is 1. The van der Waals surface area contributed by atoms with E-state index in [1.807, 2.05) is 0 Å². The molecule has 0 radical (unpaired) electrons. The second-order valence-electron chi connectivity index (χ2n) is 4.02. The Balaban J connectivity index is 2.42. The van der Waals surface area contributed by atoms with Crippen LogP contribution in [0, 0.1) is 6.92 Å². The highest BCUT2D eigenvalue weighted by Crippen LogP contribution is 2.30. The van der Waals surface area contributed by atoms with E-state index >= 15 is 0 Å². The van der Waals surface area contributed by atoms with Gasteiger partial charge in [0.25, 0.3) is 0 Å². The van der Waals surface area contributed by atoms with Crippen LogP contribution in [0.1, 0.15) is 5.69 Å². The summed E-state index contributed by atoms with van der Waals surface area (Å²) in [4.78, 5) is 4.03. The third kappa shape index (κ3) is 3.61. The Labute approximate surface area is 107 Å². The number of hydrogen-bond donors (Lipinski definition) is 1. The molecule has 100 valence electrons. The summed E-state index contributed by atoms with van der Waals surface area (Å²) in [6.45, 7) is 1.79. The largest absolute Gasteiger partial charge is 0.573 e. The molecule has 0 aliphatic heterocycles. The summed E-state index contributed by atoms with van der Waals surface area (Å²) < 4.78 is 40.5. The van der Waals surface area contributed by atoms with Crippen molar-refractivity contribution in [2.45, 2.75) is 13.3 Å². The number of nitrogen functional groups attached to an aromatic ring is 1. The van der Waals surface area contributed by atoms with Gasteiger partial charge in [-0.25, -0.2) is 0 Å². The van der Waals surface area contributed by atoms with E-state index in [0.29, 0.717) is 5.56 Å². The van der Waals surface area contributed by atoms with Crippen LogP contribution in [0.15, 0.2) is 36.5 Å². The van der Waals surface area contributed by atoms with E-state index in [9.17, 15) is 13.2 Å². The Morgan fingerprint density at radius 1 is 1.11 bits per heavy atom. The molecule has 3 nitrogen and oxygen atoms in total. The van der Waals surface area contributed by atoms with Crippen molar-refractivity contribution in [2.24, 2.45) is 0 Å². The first kappa shape index (κ1) is 13.2. The topological polar surface area (TPSA) is 48.1 Å². The molecule has 0 saturated heterocycles. The van der Waals surface area contributed by atoms with Gasteiger partial charge in [-0.2, -0.15) is 0 Å². The van der Waals surface area contributed by atoms with E-state index in [0.717, 1.165) is 17.3 Å². The number of anilines is 1. The SMILES string of the molecule is Cc1cc(-c2cc(N)cc(OC(F)(F)F)c2)ccn1. The van der Waals surface area contributed by atoms with Crippen LogP contribution >= 0.6 is 0 Å². The zero-order chi connectivity index (χ0) is 14.0. The summed E-state index contributed by atoms with van der Waals surface area (Å²) in [5.41, 5.74) is 7.83. The van der Waals surface area contributed by atoms with Crippen LogP contribution in [-0.4, -0.2) is 11.3 Å². The Morgan fingerprint density at radius 3 is 2.47 bits per heavy atom. The standard InChI is InChI=1S/C13H11F3N2O/c1-8-4-9(2-3-18-8)10-5-11(17)7-12(6-10)19-13(14,15)16/h2-7H,17H2,1H3. The average molecular weight is 268 g/mol. The summed E-state index contributed by atoms with van der Waals surface area (Å²) in [6.07, 6.45) is -3.16. The number of rotatable bonds is 2. The minimum Gasteiger partial charge on any atom is -0.406 e. The number of alkyl halides is 3. The van der Waals surface area contributed by atoms with E-state index in [-0.39, 0.29) is 11.4 Å².